The lowest BCUT2D eigenvalue weighted by molar-refractivity contribution is -0.140. The minimum atomic E-state index is 0.0793. The van der Waals surface area contributed by atoms with E-state index in [4.69, 9.17) is 0 Å². The molecule has 3 unspecified atom stereocenters. The molecule has 2 aliphatic carbocycles. The SMILES string of the molecule is CC1(C)CN(C(=O)C2CCC3CCCCC3C2)CCN1. The highest BCUT2D eigenvalue weighted by Gasteiger charge is 2.38. The molecule has 3 nitrogen and oxygen atoms in total. The number of piperazine rings is 1. The summed E-state index contributed by atoms with van der Waals surface area (Å²) in [5.41, 5.74) is 0.0793. The van der Waals surface area contributed by atoms with Crippen molar-refractivity contribution in [2.45, 2.75) is 64.3 Å². The zero-order valence-electron chi connectivity index (χ0n) is 13.2. The maximum atomic E-state index is 12.8. The number of nitrogens with zero attached hydrogens (tertiary/aromatic N) is 1. The Morgan fingerprint density at radius 2 is 1.85 bits per heavy atom. The molecule has 0 radical (unpaired) electrons. The van der Waals surface area contributed by atoms with Crippen LogP contribution in [-0.2, 0) is 4.79 Å². The summed E-state index contributed by atoms with van der Waals surface area (Å²) in [6.07, 6.45) is 9.23. The fraction of sp³-hybridized carbons (Fsp3) is 0.941. The fourth-order valence-electron chi connectivity index (χ4n) is 4.69. The van der Waals surface area contributed by atoms with Gasteiger partial charge in [0, 0.05) is 31.1 Å². The van der Waals surface area contributed by atoms with Gasteiger partial charge in [0.25, 0.3) is 0 Å². The van der Waals surface area contributed by atoms with Gasteiger partial charge < -0.3 is 10.2 Å². The van der Waals surface area contributed by atoms with E-state index in [2.05, 4.69) is 24.1 Å². The Balaban J connectivity index is 1.60. The second kappa shape index (κ2) is 5.67. The Bertz CT molecular complexity index is 366. The van der Waals surface area contributed by atoms with Gasteiger partial charge in [-0.2, -0.15) is 0 Å². The smallest absolute Gasteiger partial charge is 0.225 e. The van der Waals surface area contributed by atoms with Crippen LogP contribution < -0.4 is 5.32 Å². The molecule has 0 aromatic carbocycles. The second-order valence-electron chi connectivity index (χ2n) is 7.89. The van der Waals surface area contributed by atoms with Crippen LogP contribution >= 0.6 is 0 Å². The van der Waals surface area contributed by atoms with E-state index in [9.17, 15) is 4.79 Å². The summed E-state index contributed by atoms with van der Waals surface area (Å²) in [6.45, 7) is 7.11. The highest BCUT2D eigenvalue weighted by Crippen LogP contribution is 2.43. The van der Waals surface area contributed by atoms with Crippen LogP contribution in [0.5, 0.6) is 0 Å². The first-order valence-electron chi connectivity index (χ1n) is 8.59. The lowest BCUT2D eigenvalue weighted by Gasteiger charge is -2.43. The zero-order valence-corrected chi connectivity index (χ0v) is 13.2. The first-order chi connectivity index (χ1) is 9.55. The molecule has 1 saturated heterocycles. The van der Waals surface area contributed by atoms with Crippen LogP contribution in [-0.4, -0.2) is 36.0 Å². The van der Waals surface area contributed by atoms with E-state index >= 15 is 0 Å². The van der Waals surface area contributed by atoms with Crippen molar-refractivity contribution in [1.82, 2.24) is 10.2 Å². The summed E-state index contributed by atoms with van der Waals surface area (Å²) in [5.74, 6) is 2.56. The molecule has 3 fully saturated rings. The average Bonchev–Trinajstić information content (AvgIpc) is 2.45. The maximum Gasteiger partial charge on any atom is 0.225 e. The third-order valence-electron chi connectivity index (χ3n) is 5.77. The molecule has 0 spiro atoms. The summed E-state index contributed by atoms with van der Waals surface area (Å²) < 4.78 is 0. The minimum absolute atomic E-state index is 0.0793. The third kappa shape index (κ3) is 3.03. The number of rotatable bonds is 1. The van der Waals surface area contributed by atoms with Crippen LogP contribution in [0.2, 0.25) is 0 Å². The number of amides is 1. The van der Waals surface area contributed by atoms with Crippen LogP contribution in [0.25, 0.3) is 0 Å². The quantitative estimate of drug-likeness (QED) is 0.800. The van der Waals surface area contributed by atoms with Crippen molar-refractivity contribution < 1.29 is 4.79 Å². The number of hydrogen-bond acceptors (Lipinski definition) is 2. The first kappa shape index (κ1) is 14.4. The monoisotopic (exact) mass is 278 g/mol. The van der Waals surface area contributed by atoms with E-state index in [0.717, 1.165) is 37.9 Å². The van der Waals surface area contributed by atoms with Crippen LogP contribution in [0.3, 0.4) is 0 Å². The van der Waals surface area contributed by atoms with Crippen molar-refractivity contribution in [1.29, 1.82) is 0 Å². The number of carbonyl (C=O) groups excluding carboxylic acids is 1. The van der Waals surface area contributed by atoms with Gasteiger partial charge in [0.15, 0.2) is 0 Å². The van der Waals surface area contributed by atoms with Gasteiger partial charge in [0.1, 0.15) is 0 Å². The molecular weight excluding hydrogens is 248 g/mol. The van der Waals surface area contributed by atoms with Crippen molar-refractivity contribution in [2.24, 2.45) is 17.8 Å². The molecule has 0 aromatic heterocycles. The Kier molecular flexibility index (Phi) is 4.07. The molecule has 20 heavy (non-hydrogen) atoms. The zero-order chi connectivity index (χ0) is 14.2. The molecule has 3 atom stereocenters. The molecule has 1 N–H and O–H groups in total. The van der Waals surface area contributed by atoms with Crippen molar-refractivity contribution in [3.63, 3.8) is 0 Å². The Hall–Kier alpha value is -0.570. The van der Waals surface area contributed by atoms with Gasteiger partial charge in [-0.05, 0) is 44.9 Å². The standard InChI is InChI=1S/C17H30N2O/c1-17(2)12-19(10-9-18-17)16(20)15-8-7-13-5-3-4-6-14(13)11-15/h13-15,18H,3-12H2,1-2H3. The number of fused-ring (bicyclic) bond motifs is 1. The first-order valence-corrected chi connectivity index (χ1v) is 8.59. The summed E-state index contributed by atoms with van der Waals surface area (Å²) >= 11 is 0. The predicted octanol–water partition coefficient (Wildman–Crippen LogP) is 2.80. The number of carbonyl (C=O) groups is 1. The lowest BCUT2D eigenvalue weighted by Crippen LogP contribution is -2.59. The van der Waals surface area contributed by atoms with Gasteiger partial charge in [0.2, 0.25) is 5.91 Å². The largest absolute Gasteiger partial charge is 0.339 e. The molecule has 0 bridgehead atoms. The molecule has 1 heterocycles. The molecule has 2 saturated carbocycles. The van der Waals surface area contributed by atoms with Gasteiger partial charge in [-0.1, -0.05) is 25.7 Å². The summed E-state index contributed by atoms with van der Waals surface area (Å²) in [7, 11) is 0. The number of hydrogen-bond donors (Lipinski definition) is 1. The van der Waals surface area contributed by atoms with E-state index in [1.54, 1.807) is 0 Å². The summed E-state index contributed by atoms with van der Waals surface area (Å²) in [6, 6.07) is 0. The molecule has 3 heteroatoms. The van der Waals surface area contributed by atoms with Crippen LogP contribution in [0, 0.1) is 17.8 Å². The van der Waals surface area contributed by atoms with Gasteiger partial charge in [-0.3, -0.25) is 4.79 Å². The number of nitrogens with one attached hydrogen (secondary N) is 1. The van der Waals surface area contributed by atoms with E-state index in [1.165, 1.54) is 38.5 Å². The normalized spacial score (nSPS) is 37.3. The van der Waals surface area contributed by atoms with Gasteiger partial charge >= 0.3 is 0 Å². The minimum Gasteiger partial charge on any atom is -0.339 e. The molecule has 3 rings (SSSR count). The Morgan fingerprint density at radius 3 is 2.60 bits per heavy atom. The summed E-state index contributed by atoms with van der Waals surface area (Å²) in [4.78, 5) is 14.9. The molecule has 0 aromatic rings. The molecular formula is C17H30N2O. The van der Waals surface area contributed by atoms with Gasteiger partial charge in [-0.25, -0.2) is 0 Å². The highest BCUT2D eigenvalue weighted by atomic mass is 16.2. The second-order valence-corrected chi connectivity index (χ2v) is 7.89. The lowest BCUT2D eigenvalue weighted by atomic mass is 9.67. The van der Waals surface area contributed by atoms with Gasteiger partial charge in [-0.15, -0.1) is 0 Å². The van der Waals surface area contributed by atoms with E-state index in [0.29, 0.717) is 11.8 Å². The Labute approximate surface area is 123 Å². The van der Waals surface area contributed by atoms with Crippen molar-refractivity contribution in [3.05, 3.63) is 0 Å². The van der Waals surface area contributed by atoms with Crippen LogP contribution in [0.15, 0.2) is 0 Å². The fourth-order valence-corrected chi connectivity index (χ4v) is 4.69. The van der Waals surface area contributed by atoms with Crippen LogP contribution in [0.1, 0.15) is 58.8 Å². The maximum absolute atomic E-state index is 12.8. The van der Waals surface area contributed by atoms with Crippen LogP contribution in [0.4, 0.5) is 0 Å². The summed E-state index contributed by atoms with van der Waals surface area (Å²) in [5, 5.41) is 3.50. The Morgan fingerprint density at radius 1 is 1.10 bits per heavy atom. The van der Waals surface area contributed by atoms with E-state index in [-0.39, 0.29) is 5.54 Å². The molecule has 1 aliphatic heterocycles. The van der Waals surface area contributed by atoms with E-state index < -0.39 is 0 Å². The van der Waals surface area contributed by atoms with Crippen molar-refractivity contribution in [3.8, 4) is 0 Å². The van der Waals surface area contributed by atoms with Crippen molar-refractivity contribution in [2.75, 3.05) is 19.6 Å². The third-order valence-corrected chi connectivity index (χ3v) is 5.77. The van der Waals surface area contributed by atoms with Crippen molar-refractivity contribution >= 4 is 5.91 Å². The molecule has 114 valence electrons. The molecule has 3 aliphatic rings. The van der Waals surface area contributed by atoms with E-state index in [1.807, 2.05) is 0 Å². The van der Waals surface area contributed by atoms with Gasteiger partial charge in [0.05, 0.1) is 0 Å². The topological polar surface area (TPSA) is 32.3 Å². The highest BCUT2D eigenvalue weighted by molar-refractivity contribution is 5.79. The molecule has 1 amide bonds. The average molecular weight is 278 g/mol. The predicted molar refractivity (Wildman–Crippen MR) is 81.5 cm³/mol.